The third-order valence-corrected chi connectivity index (χ3v) is 3.19. The van der Waals surface area contributed by atoms with Gasteiger partial charge in [0.2, 0.25) is 0 Å². The number of carbonyl (C=O) groups excluding carboxylic acids is 1. The zero-order valence-corrected chi connectivity index (χ0v) is 8.53. The van der Waals surface area contributed by atoms with Gasteiger partial charge in [0.05, 0.1) is 4.47 Å². The second-order valence-corrected chi connectivity index (χ2v) is 4.01. The lowest BCUT2D eigenvalue weighted by molar-refractivity contribution is -0.118. The molecule has 1 aliphatic rings. The number of hydrogen-bond acceptors (Lipinski definition) is 1. The van der Waals surface area contributed by atoms with E-state index in [0.717, 1.165) is 11.1 Å². The van der Waals surface area contributed by atoms with Gasteiger partial charge in [-0.15, -0.1) is 0 Å². The molecule has 1 aromatic rings. The molecule has 0 fully saturated rings. The van der Waals surface area contributed by atoms with Crippen LogP contribution in [0.4, 0.5) is 4.39 Å². The van der Waals surface area contributed by atoms with E-state index in [2.05, 4.69) is 15.9 Å². The zero-order chi connectivity index (χ0) is 9.42. The van der Waals surface area contributed by atoms with Gasteiger partial charge in [0, 0.05) is 12.8 Å². The van der Waals surface area contributed by atoms with Crippen molar-refractivity contribution >= 4 is 21.7 Å². The molecular formula is C10H8BrFO. The summed E-state index contributed by atoms with van der Waals surface area (Å²) in [5.41, 5.74) is 1.92. The molecule has 1 aliphatic carbocycles. The zero-order valence-electron chi connectivity index (χ0n) is 6.94. The first kappa shape index (κ1) is 8.88. The highest BCUT2D eigenvalue weighted by atomic mass is 79.9. The Morgan fingerprint density at radius 3 is 2.85 bits per heavy atom. The monoisotopic (exact) mass is 242 g/mol. The highest BCUT2D eigenvalue weighted by molar-refractivity contribution is 9.10. The van der Waals surface area contributed by atoms with Crippen molar-refractivity contribution in [1.29, 1.82) is 0 Å². The SMILES string of the molecule is O=C1CCc2c(ccc(F)c2Br)C1. The molecular weight excluding hydrogens is 235 g/mol. The lowest BCUT2D eigenvalue weighted by Crippen LogP contribution is -2.14. The van der Waals surface area contributed by atoms with Gasteiger partial charge < -0.3 is 0 Å². The number of fused-ring (bicyclic) bond motifs is 1. The molecule has 13 heavy (non-hydrogen) atoms. The van der Waals surface area contributed by atoms with E-state index in [1.807, 2.05) is 0 Å². The summed E-state index contributed by atoms with van der Waals surface area (Å²) >= 11 is 3.20. The van der Waals surface area contributed by atoms with Crippen molar-refractivity contribution in [3.05, 3.63) is 33.5 Å². The van der Waals surface area contributed by atoms with Crippen LogP contribution in [0.2, 0.25) is 0 Å². The first-order valence-electron chi connectivity index (χ1n) is 4.16. The molecule has 0 unspecified atom stereocenters. The summed E-state index contributed by atoms with van der Waals surface area (Å²) in [5, 5.41) is 0. The van der Waals surface area contributed by atoms with Gasteiger partial charge in [-0.05, 0) is 39.5 Å². The predicted octanol–water partition coefficient (Wildman–Crippen LogP) is 2.65. The van der Waals surface area contributed by atoms with Crippen LogP contribution in [0, 0.1) is 5.82 Å². The number of hydrogen-bond donors (Lipinski definition) is 0. The number of halogens is 2. The molecule has 0 heterocycles. The normalized spacial score (nSPS) is 15.7. The van der Waals surface area contributed by atoms with Crippen molar-refractivity contribution in [2.75, 3.05) is 0 Å². The summed E-state index contributed by atoms with van der Waals surface area (Å²) in [4.78, 5) is 11.1. The number of carbonyl (C=O) groups is 1. The second kappa shape index (κ2) is 3.22. The molecule has 0 atom stereocenters. The lowest BCUT2D eigenvalue weighted by atomic mass is 9.91. The maximum Gasteiger partial charge on any atom is 0.137 e. The Morgan fingerprint density at radius 1 is 1.31 bits per heavy atom. The molecule has 0 radical (unpaired) electrons. The molecule has 0 aromatic heterocycles. The lowest BCUT2D eigenvalue weighted by Gasteiger charge is -2.16. The molecule has 1 nitrogen and oxygen atoms in total. The Labute approximate surface area is 84.1 Å². The Hall–Kier alpha value is -0.700. The summed E-state index contributed by atoms with van der Waals surface area (Å²) in [6.07, 6.45) is 1.65. The maximum absolute atomic E-state index is 13.1. The van der Waals surface area contributed by atoms with Crippen LogP contribution in [0.15, 0.2) is 16.6 Å². The van der Waals surface area contributed by atoms with Crippen molar-refractivity contribution in [2.45, 2.75) is 19.3 Å². The van der Waals surface area contributed by atoms with Crippen molar-refractivity contribution in [3.63, 3.8) is 0 Å². The van der Waals surface area contributed by atoms with Crippen LogP contribution in [-0.2, 0) is 17.6 Å². The summed E-state index contributed by atoms with van der Waals surface area (Å²) in [6.45, 7) is 0. The highest BCUT2D eigenvalue weighted by Crippen LogP contribution is 2.28. The fraction of sp³-hybridized carbons (Fsp3) is 0.300. The summed E-state index contributed by atoms with van der Waals surface area (Å²) < 4.78 is 13.6. The van der Waals surface area contributed by atoms with E-state index in [1.165, 1.54) is 6.07 Å². The quantitative estimate of drug-likeness (QED) is 0.684. The fourth-order valence-corrected chi connectivity index (χ4v) is 2.22. The van der Waals surface area contributed by atoms with Crippen LogP contribution in [0.25, 0.3) is 0 Å². The second-order valence-electron chi connectivity index (χ2n) is 3.21. The first-order valence-corrected chi connectivity index (χ1v) is 4.95. The van der Waals surface area contributed by atoms with Crippen molar-refractivity contribution in [2.24, 2.45) is 0 Å². The molecule has 0 bridgehead atoms. The standard InChI is InChI=1S/C10H8BrFO/c11-10-8-3-2-7(13)5-6(8)1-4-9(10)12/h1,4H,2-3,5H2. The molecule has 3 heteroatoms. The molecule has 0 saturated heterocycles. The van der Waals surface area contributed by atoms with Crippen LogP contribution in [0.1, 0.15) is 17.5 Å². The van der Waals surface area contributed by atoms with Gasteiger partial charge in [-0.25, -0.2) is 4.39 Å². The van der Waals surface area contributed by atoms with Crippen LogP contribution < -0.4 is 0 Å². The third kappa shape index (κ3) is 1.53. The van der Waals surface area contributed by atoms with Gasteiger partial charge in [0.1, 0.15) is 11.6 Å². The molecule has 0 spiro atoms. The van der Waals surface area contributed by atoms with Gasteiger partial charge in [-0.3, -0.25) is 4.79 Å². The summed E-state index contributed by atoms with van der Waals surface area (Å²) in [5.74, 6) is -0.000827. The molecule has 1 aromatic carbocycles. The molecule has 0 amide bonds. The number of Topliss-reactive ketones (excluding diaryl/α,β-unsaturated/α-hetero) is 1. The summed E-state index contributed by atoms with van der Waals surface area (Å²) in [6, 6.07) is 3.11. The van der Waals surface area contributed by atoms with Gasteiger partial charge in [0.25, 0.3) is 0 Å². The van der Waals surface area contributed by atoms with Crippen LogP contribution in [-0.4, -0.2) is 5.78 Å². The average molecular weight is 243 g/mol. The average Bonchev–Trinajstić information content (AvgIpc) is 2.12. The van der Waals surface area contributed by atoms with E-state index in [1.54, 1.807) is 6.07 Å². The van der Waals surface area contributed by atoms with E-state index in [4.69, 9.17) is 0 Å². The van der Waals surface area contributed by atoms with Gasteiger partial charge in [-0.2, -0.15) is 0 Å². The smallest absolute Gasteiger partial charge is 0.137 e. The Kier molecular flexibility index (Phi) is 2.20. The van der Waals surface area contributed by atoms with Gasteiger partial charge in [0.15, 0.2) is 0 Å². The number of ketones is 1. The van der Waals surface area contributed by atoms with E-state index in [-0.39, 0.29) is 11.6 Å². The minimum absolute atomic E-state index is 0.242. The van der Waals surface area contributed by atoms with Gasteiger partial charge >= 0.3 is 0 Å². The molecule has 68 valence electrons. The molecule has 2 rings (SSSR count). The van der Waals surface area contributed by atoms with E-state index < -0.39 is 0 Å². The molecule has 0 saturated carbocycles. The van der Waals surface area contributed by atoms with Crippen LogP contribution in [0.5, 0.6) is 0 Å². The van der Waals surface area contributed by atoms with Gasteiger partial charge in [-0.1, -0.05) is 6.07 Å². The summed E-state index contributed by atoms with van der Waals surface area (Å²) in [7, 11) is 0. The predicted molar refractivity (Wildman–Crippen MR) is 51.1 cm³/mol. The first-order chi connectivity index (χ1) is 6.18. The molecule has 0 N–H and O–H groups in total. The number of rotatable bonds is 0. The highest BCUT2D eigenvalue weighted by Gasteiger charge is 2.19. The van der Waals surface area contributed by atoms with E-state index in [9.17, 15) is 9.18 Å². The number of benzene rings is 1. The van der Waals surface area contributed by atoms with E-state index in [0.29, 0.717) is 23.7 Å². The van der Waals surface area contributed by atoms with Crippen molar-refractivity contribution in [3.8, 4) is 0 Å². The Balaban J connectivity index is 2.53. The van der Waals surface area contributed by atoms with E-state index >= 15 is 0 Å². The minimum Gasteiger partial charge on any atom is -0.299 e. The topological polar surface area (TPSA) is 17.1 Å². The molecule has 0 aliphatic heterocycles. The fourth-order valence-electron chi connectivity index (χ4n) is 1.63. The van der Waals surface area contributed by atoms with Crippen LogP contribution >= 0.6 is 15.9 Å². The Morgan fingerprint density at radius 2 is 2.08 bits per heavy atom. The maximum atomic E-state index is 13.1. The van der Waals surface area contributed by atoms with Crippen molar-refractivity contribution < 1.29 is 9.18 Å². The minimum atomic E-state index is -0.243. The largest absolute Gasteiger partial charge is 0.299 e. The third-order valence-electron chi connectivity index (χ3n) is 2.33. The van der Waals surface area contributed by atoms with Crippen LogP contribution in [0.3, 0.4) is 0 Å². The Bertz CT molecular complexity index is 373. The van der Waals surface area contributed by atoms with Crippen molar-refractivity contribution in [1.82, 2.24) is 0 Å².